The summed E-state index contributed by atoms with van der Waals surface area (Å²) in [4.78, 5) is 16.7. The minimum atomic E-state index is -0.873. The first-order chi connectivity index (χ1) is 9.56. The number of benzene rings is 1. The largest absolute Gasteiger partial charge is 0.480 e. The topological polar surface area (TPSA) is 55.1 Å². The van der Waals surface area contributed by atoms with Gasteiger partial charge < -0.3 is 9.67 Å². The Morgan fingerprint density at radius 1 is 1.45 bits per heavy atom. The number of aryl methyl sites for hydroxylation is 1. The molecule has 4 nitrogen and oxygen atoms in total. The van der Waals surface area contributed by atoms with Gasteiger partial charge in [-0.2, -0.15) is 0 Å². The minimum absolute atomic E-state index is 0.0928. The van der Waals surface area contributed by atoms with Crippen LogP contribution in [0.2, 0.25) is 0 Å². The number of carbonyl (C=O) groups is 1. The second-order valence-electron chi connectivity index (χ2n) is 4.47. The van der Waals surface area contributed by atoms with Gasteiger partial charge in [0.15, 0.2) is 5.82 Å². The number of halogens is 1. The van der Waals surface area contributed by atoms with E-state index in [0.717, 1.165) is 25.3 Å². The van der Waals surface area contributed by atoms with Crippen molar-refractivity contribution in [3.05, 3.63) is 39.7 Å². The number of para-hydroxylation sites is 2. The maximum Gasteiger partial charge on any atom is 0.323 e. The Bertz CT molecular complexity index is 787. The van der Waals surface area contributed by atoms with Gasteiger partial charge in [0.05, 0.1) is 19.7 Å². The summed E-state index contributed by atoms with van der Waals surface area (Å²) in [5, 5.41) is 9.12. The van der Waals surface area contributed by atoms with Gasteiger partial charge in [0, 0.05) is 0 Å². The van der Waals surface area contributed by atoms with E-state index in [0.29, 0.717) is 5.82 Å². The van der Waals surface area contributed by atoms with Gasteiger partial charge in [-0.15, -0.1) is 11.3 Å². The molecule has 1 aromatic carbocycles. The van der Waals surface area contributed by atoms with Crippen molar-refractivity contribution in [2.75, 3.05) is 0 Å². The Morgan fingerprint density at radius 3 is 2.85 bits per heavy atom. The van der Waals surface area contributed by atoms with Crippen molar-refractivity contribution in [2.24, 2.45) is 0 Å². The van der Waals surface area contributed by atoms with Crippen molar-refractivity contribution in [1.29, 1.82) is 0 Å². The molecule has 0 saturated carbocycles. The second kappa shape index (κ2) is 5.03. The molecule has 0 saturated heterocycles. The number of nitrogens with zero attached hydrogens (tertiary/aromatic N) is 2. The number of carboxylic acids is 1. The van der Waals surface area contributed by atoms with E-state index in [1.54, 1.807) is 15.9 Å². The molecule has 0 aliphatic heterocycles. The van der Waals surface area contributed by atoms with Gasteiger partial charge in [-0.3, -0.25) is 4.79 Å². The molecule has 2 aromatic heterocycles. The molecule has 0 amide bonds. The van der Waals surface area contributed by atoms with Gasteiger partial charge in [-0.05, 0) is 46.6 Å². The Hall–Kier alpha value is -1.66. The van der Waals surface area contributed by atoms with E-state index >= 15 is 0 Å². The number of aromatic nitrogens is 2. The van der Waals surface area contributed by atoms with Crippen LogP contribution in [0.15, 0.2) is 34.1 Å². The highest BCUT2D eigenvalue weighted by Gasteiger charge is 2.16. The third kappa shape index (κ3) is 2.25. The van der Waals surface area contributed by atoms with Crippen LogP contribution < -0.4 is 0 Å². The van der Waals surface area contributed by atoms with E-state index in [1.807, 2.05) is 37.3 Å². The fourth-order valence-electron chi connectivity index (χ4n) is 2.13. The highest BCUT2D eigenvalue weighted by atomic mass is 79.9. The molecular formula is C14H11BrN2O2S. The molecule has 3 aromatic rings. The average Bonchev–Trinajstić information content (AvgIpc) is 2.91. The third-order valence-electron chi connectivity index (χ3n) is 3.03. The molecule has 102 valence electrons. The summed E-state index contributed by atoms with van der Waals surface area (Å²) >= 11 is 5.06. The van der Waals surface area contributed by atoms with Crippen LogP contribution in [0.25, 0.3) is 21.7 Å². The quantitative estimate of drug-likeness (QED) is 0.778. The van der Waals surface area contributed by atoms with Crippen molar-refractivity contribution in [3.8, 4) is 10.7 Å². The first-order valence-corrected chi connectivity index (χ1v) is 7.60. The molecule has 0 unspecified atom stereocenters. The summed E-state index contributed by atoms with van der Waals surface area (Å²) in [6, 6.07) is 9.60. The second-order valence-corrected chi connectivity index (χ2v) is 6.84. The number of hydrogen-bond donors (Lipinski definition) is 1. The summed E-state index contributed by atoms with van der Waals surface area (Å²) < 4.78 is 2.79. The zero-order valence-corrected chi connectivity index (χ0v) is 13.0. The smallest absolute Gasteiger partial charge is 0.323 e. The molecule has 0 aliphatic rings. The van der Waals surface area contributed by atoms with Crippen molar-refractivity contribution in [1.82, 2.24) is 9.55 Å². The Morgan fingerprint density at radius 2 is 2.20 bits per heavy atom. The van der Waals surface area contributed by atoms with E-state index in [9.17, 15) is 4.79 Å². The van der Waals surface area contributed by atoms with Gasteiger partial charge in [0.25, 0.3) is 0 Å². The van der Waals surface area contributed by atoms with Crippen molar-refractivity contribution in [2.45, 2.75) is 13.5 Å². The fraction of sp³-hybridized carbons (Fsp3) is 0.143. The summed E-state index contributed by atoms with van der Waals surface area (Å²) in [6.07, 6.45) is 0. The molecule has 0 fully saturated rings. The van der Waals surface area contributed by atoms with Crippen molar-refractivity contribution >= 4 is 44.3 Å². The van der Waals surface area contributed by atoms with Crippen LogP contribution in [0.5, 0.6) is 0 Å². The molecule has 0 atom stereocenters. The van der Waals surface area contributed by atoms with Gasteiger partial charge in [0.1, 0.15) is 6.54 Å². The number of aliphatic carboxylic acids is 1. The summed E-state index contributed by atoms with van der Waals surface area (Å²) in [7, 11) is 0. The maximum atomic E-state index is 11.1. The van der Waals surface area contributed by atoms with Crippen molar-refractivity contribution in [3.63, 3.8) is 0 Å². The number of thiophene rings is 1. The van der Waals surface area contributed by atoms with Crippen LogP contribution in [0, 0.1) is 6.92 Å². The molecule has 6 heteroatoms. The highest BCUT2D eigenvalue weighted by Crippen LogP contribution is 2.35. The number of imidazole rings is 1. The highest BCUT2D eigenvalue weighted by molar-refractivity contribution is 9.11. The van der Waals surface area contributed by atoms with E-state index < -0.39 is 5.97 Å². The molecular weight excluding hydrogens is 340 g/mol. The van der Waals surface area contributed by atoms with E-state index in [4.69, 9.17) is 5.11 Å². The van der Waals surface area contributed by atoms with Crippen LogP contribution in [0.4, 0.5) is 0 Å². The lowest BCUT2D eigenvalue weighted by molar-refractivity contribution is -0.137. The lowest BCUT2D eigenvalue weighted by Gasteiger charge is -2.04. The molecule has 20 heavy (non-hydrogen) atoms. The lowest BCUT2D eigenvalue weighted by Crippen LogP contribution is -2.09. The molecule has 0 spiro atoms. The standard InChI is InChI=1S/C14H11BrN2O2S/c1-8-6-11(20-13(8)15)14-16-9-4-2-3-5-10(9)17(14)7-12(18)19/h2-6H,7H2,1H3,(H,18,19). The predicted molar refractivity (Wildman–Crippen MR) is 83.1 cm³/mol. The number of rotatable bonds is 3. The van der Waals surface area contributed by atoms with Crippen LogP contribution in [0.3, 0.4) is 0 Å². The zero-order chi connectivity index (χ0) is 14.3. The van der Waals surface area contributed by atoms with Gasteiger partial charge >= 0.3 is 5.97 Å². The summed E-state index contributed by atoms with van der Waals surface area (Å²) in [5.74, 6) is -0.172. The first kappa shape index (κ1) is 13.3. The molecule has 3 rings (SSSR count). The number of fused-ring (bicyclic) bond motifs is 1. The van der Waals surface area contributed by atoms with Crippen LogP contribution in [0.1, 0.15) is 5.56 Å². The third-order valence-corrected chi connectivity index (χ3v) is 5.16. The summed E-state index contributed by atoms with van der Waals surface area (Å²) in [5.41, 5.74) is 2.77. The molecule has 0 radical (unpaired) electrons. The number of carboxylic acid groups (broad SMARTS) is 1. The van der Waals surface area contributed by atoms with Crippen LogP contribution >= 0.6 is 27.3 Å². The minimum Gasteiger partial charge on any atom is -0.480 e. The molecule has 1 N–H and O–H groups in total. The number of hydrogen-bond acceptors (Lipinski definition) is 3. The maximum absolute atomic E-state index is 11.1. The van der Waals surface area contributed by atoms with Gasteiger partial charge in [-0.25, -0.2) is 4.98 Å². The summed E-state index contributed by atoms with van der Waals surface area (Å²) in [6.45, 7) is 1.92. The lowest BCUT2D eigenvalue weighted by atomic mass is 10.3. The van der Waals surface area contributed by atoms with E-state index in [2.05, 4.69) is 20.9 Å². The van der Waals surface area contributed by atoms with E-state index in [1.165, 1.54) is 0 Å². The van der Waals surface area contributed by atoms with Crippen LogP contribution in [-0.4, -0.2) is 20.6 Å². The molecule has 0 bridgehead atoms. The van der Waals surface area contributed by atoms with Gasteiger partial charge in [-0.1, -0.05) is 12.1 Å². The van der Waals surface area contributed by atoms with Crippen molar-refractivity contribution < 1.29 is 9.90 Å². The van der Waals surface area contributed by atoms with Crippen LogP contribution in [-0.2, 0) is 11.3 Å². The average molecular weight is 351 g/mol. The zero-order valence-electron chi connectivity index (χ0n) is 10.6. The Labute approximate surface area is 127 Å². The molecule has 0 aliphatic carbocycles. The normalized spacial score (nSPS) is 11.1. The SMILES string of the molecule is Cc1cc(-c2nc3ccccc3n2CC(=O)O)sc1Br. The predicted octanol–water partition coefficient (Wildman–Crippen LogP) is 3.92. The van der Waals surface area contributed by atoms with Gasteiger partial charge in [0.2, 0.25) is 0 Å². The Kier molecular flexibility index (Phi) is 3.35. The first-order valence-electron chi connectivity index (χ1n) is 5.99. The molecule has 2 heterocycles. The Balaban J connectivity index is 2.25. The monoisotopic (exact) mass is 350 g/mol. The fourth-order valence-corrected chi connectivity index (χ4v) is 3.66. The van der Waals surface area contributed by atoms with E-state index in [-0.39, 0.29) is 6.54 Å².